The van der Waals surface area contributed by atoms with E-state index in [9.17, 15) is 0 Å². The summed E-state index contributed by atoms with van der Waals surface area (Å²) >= 11 is 0. The standard InChI is InChI=1S/C66H42N4/c1-7-31-49-43(19-1)25-13-37-55(49)61-62(56-38-14-26-44-20-2-8-32-50(44)56)68-65(67-61,59-41-17-29-47-23-5-11-35-53(47)59)66(60-42-18-30-48-24-6-12-36-54(48)60)69-63(57-39-15-27-45-21-3-9-33-51(45)57)64(70-66)58-40-16-28-46-22-4-10-34-52(46)58/h1-42H. The van der Waals surface area contributed by atoms with Gasteiger partial charge in [0, 0.05) is 33.4 Å². The van der Waals surface area contributed by atoms with Gasteiger partial charge in [0.25, 0.3) is 0 Å². The zero-order chi connectivity index (χ0) is 46.2. The molecule has 12 aromatic rings. The fourth-order valence-electron chi connectivity index (χ4n) is 11.4. The summed E-state index contributed by atoms with van der Waals surface area (Å²) in [5.41, 5.74) is 5.90. The van der Waals surface area contributed by atoms with Gasteiger partial charge in [0.1, 0.15) is 0 Å². The number of nitrogens with zero attached hydrogens (tertiary/aromatic N) is 4. The molecular formula is C66H42N4. The minimum Gasteiger partial charge on any atom is -0.243 e. The molecule has 70 heavy (non-hydrogen) atoms. The van der Waals surface area contributed by atoms with Crippen LogP contribution in [0.4, 0.5) is 0 Å². The smallest absolute Gasteiger partial charge is 0.227 e. The van der Waals surface area contributed by atoms with Crippen LogP contribution in [0.2, 0.25) is 0 Å². The summed E-state index contributed by atoms with van der Waals surface area (Å²) in [4.78, 5) is 25.4. The predicted octanol–water partition coefficient (Wildman–Crippen LogP) is 15.6. The second kappa shape index (κ2) is 15.7. The van der Waals surface area contributed by atoms with Crippen molar-refractivity contribution in [1.82, 2.24) is 0 Å². The molecule has 0 bridgehead atoms. The van der Waals surface area contributed by atoms with Crippen LogP contribution in [0, 0.1) is 0 Å². The third-order valence-electron chi connectivity index (χ3n) is 14.5. The van der Waals surface area contributed by atoms with Crippen molar-refractivity contribution in [3.63, 3.8) is 0 Å². The van der Waals surface area contributed by atoms with Crippen LogP contribution in [0.5, 0.6) is 0 Å². The minimum atomic E-state index is -1.53. The molecule has 0 aromatic heterocycles. The van der Waals surface area contributed by atoms with Crippen molar-refractivity contribution in [3.05, 3.63) is 288 Å². The van der Waals surface area contributed by atoms with E-state index in [-0.39, 0.29) is 0 Å². The molecule has 0 aliphatic carbocycles. The van der Waals surface area contributed by atoms with Crippen molar-refractivity contribution in [2.24, 2.45) is 20.0 Å². The molecule has 4 nitrogen and oxygen atoms in total. The average Bonchev–Trinajstić information content (AvgIpc) is 4.05. The van der Waals surface area contributed by atoms with Gasteiger partial charge in [-0.3, -0.25) is 0 Å². The van der Waals surface area contributed by atoms with E-state index in [0.29, 0.717) is 0 Å². The van der Waals surface area contributed by atoms with Gasteiger partial charge in [-0.1, -0.05) is 255 Å². The molecule has 0 unspecified atom stereocenters. The summed E-state index contributed by atoms with van der Waals surface area (Å²) in [6, 6.07) is 90.8. The molecule has 2 aliphatic heterocycles. The Bertz CT molecular complexity index is 3770. The van der Waals surface area contributed by atoms with Gasteiger partial charge < -0.3 is 0 Å². The third-order valence-corrected chi connectivity index (χ3v) is 14.5. The highest BCUT2D eigenvalue weighted by atomic mass is 15.3. The van der Waals surface area contributed by atoms with Crippen LogP contribution in [0.3, 0.4) is 0 Å². The second-order valence-electron chi connectivity index (χ2n) is 18.3. The van der Waals surface area contributed by atoms with Gasteiger partial charge in [0.15, 0.2) is 0 Å². The van der Waals surface area contributed by atoms with E-state index in [2.05, 4.69) is 255 Å². The first kappa shape index (κ1) is 40.0. The van der Waals surface area contributed by atoms with Crippen LogP contribution < -0.4 is 0 Å². The van der Waals surface area contributed by atoms with Gasteiger partial charge in [0.05, 0.1) is 22.8 Å². The quantitative estimate of drug-likeness (QED) is 0.153. The SMILES string of the molecule is c1ccc2c(C3=NC(c4cccc5ccccc45)(C4(c5cccc6ccccc56)N=C(c5cccc6ccccc56)C(c5cccc6ccccc56)=N4)N=C3c3cccc4ccccc34)cccc2c1. The molecule has 4 heteroatoms. The summed E-state index contributed by atoms with van der Waals surface area (Å²) in [5.74, 6) is 0. The number of aliphatic imine (C=N–C) groups is 4. The van der Waals surface area contributed by atoms with Gasteiger partial charge in [-0.2, -0.15) is 0 Å². The molecule has 0 spiro atoms. The molecule has 0 N–H and O–H groups in total. The van der Waals surface area contributed by atoms with Crippen molar-refractivity contribution in [3.8, 4) is 0 Å². The lowest BCUT2D eigenvalue weighted by atomic mass is 9.78. The maximum Gasteiger partial charge on any atom is 0.227 e. The zero-order valence-electron chi connectivity index (χ0n) is 38.0. The third kappa shape index (κ3) is 5.96. The minimum absolute atomic E-state index is 0.788. The van der Waals surface area contributed by atoms with Gasteiger partial charge in [0.2, 0.25) is 11.3 Å². The van der Waals surface area contributed by atoms with Gasteiger partial charge in [-0.25, -0.2) is 20.0 Å². The van der Waals surface area contributed by atoms with Crippen LogP contribution in [0.1, 0.15) is 33.4 Å². The van der Waals surface area contributed by atoms with E-state index < -0.39 is 11.3 Å². The Morgan fingerprint density at radius 1 is 0.186 bits per heavy atom. The van der Waals surface area contributed by atoms with E-state index >= 15 is 0 Å². The van der Waals surface area contributed by atoms with E-state index in [1.807, 2.05) is 0 Å². The number of hydrogen-bond donors (Lipinski definition) is 0. The number of rotatable bonds is 7. The maximum absolute atomic E-state index is 6.34. The van der Waals surface area contributed by atoms with E-state index in [1.165, 1.54) is 0 Å². The second-order valence-corrected chi connectivity index (χ2v) is 18.3. The average molecular weight is 891 g/mol. The molecule has 14 rings (SSSR count). The van der Waals surface area contributed by atoms with Crippen LogP contribution >= 0.6 is 0 Å². The van der Waals surface area contributed by atoms with E-state index in [4.69, 9.17) is 20.0 Å². The van der Waals surface area contributed by atoms with Gasteiger partial charge in [-0.05, 0) is 64.6 Å². The van der Waals surface area contributed by atoms with Gasteiger partial charge >= 0.3 is 0 Å². The molecule has 326 valence electrons. The van der Waals surface area contributed by atoms with Crippen molar-refractivity contribution in [2.45, 2.75) is 11.3 Å². The number of fused-ring (bicyclic) bond motifs is 6. The first-order valence-electron chi connectivity index (χ1n) is 24.0. The summed E-state index contributed by atoms with van der Waals surface area (Å²) in [5, 5.41) is 13.1. The van der Waals surface area contributed by atoms with E-state index in [1.54, 1.807) is 0 Å². The molecule has 2 heterocycles. The Labute approximate surface area is 405 Å². The van der Waals surface area contributed by atoms with Crippen LogP contribution in [0.25, 0.3) is 64.6 Å². The monoisotopic (exact) mass is 890 g/mol. The van der Waals surface area contributed by atoms with Gasteiger partial charge in [-0.15, -0.1) is 0 Å². The van der Waals surface area contributed by atoms with Crippen LogP contribution in [-0.4, -0.2) is 22.8 Å². The van der Waals surface area contributed by atoms with Crippen molar-refractivity contribution in [2.75, 3.05) is 0 Å². The Hall–Kier alpha value is -9.12. The largest absolute Gasteiger partial charge is 0.243 e. The van der Waals surface area contributed by atoms with Crippen LogP contribution in [-0.2, 0) is 11.3 Å². The molecule has 0 fully saturated rings. The fraction of sp³-hybridized carbons (Fsp3) is 0.0303. The normalized spacial score (nSPS) is 15.1. The topological polar surface area (TPSA) is 49.4 Å². The first-order valence-corrected chi connectivity index (χ1v) is 24.0. The highest BCUT2D eigenvalue weighted by Gasteiger charge is 2.61. The Balaban J connectivity index is 1.23. The molecule has 0 atom stereocenters. The Kier molecular flexibility index (Phi) is 8.99. The highest BCUT2D eigenvalue weighted by Crippen LogP contribution is 2.57. The molecule has 0 saturated heterocycles. The van der Waals surface area contributed by atoms with E-state index in [0.717, 1.165) is 121 Å². The van der Waals surface area contributed by atoms with Crippen LogP contribution in [0.15, 0.2) is 275 Å². The molecular weight excluding hydrogens is 849 g/mol. The summed E-state index contributed by atoms with van der Waals surface area (Å²) in [6.07, 6.45) is 0. The molecule has 12 aromatic carbocycles. The lowest BCUT2D eigenvalue weighted by Crippen LogP contribution is -2.43. The molecule has 2 aliphatic rings. The highest BCUT2D eigenvalue weighted by molar-refractivity contribution is 6.58. The van der Waals surface area contributed by atoms with Crippen molar-refractivity contribution < 1.29 is 0 Å². The Morgan fingerprint density at radius 2 is 0.386 bits per heavy atom. The molecule has 0 amide bonds. The number of hydrogen-bond acceptors (Lipinski definition) is 4. The number of benzene rings is 12. The predicted molar refractivity (Wildman–Crippen MR) is 293 cm³/mol. The van der Waals surface area contributed by atoms with Crippen molar-refractivity contribution in [1.29, 1.82) is 0 Å². The first-order chi connectivity index (χ1) is 34.7. The Morgan fingerprint density at radius 3 is 0.657 bits per heavy atom. The summed E-state index contributed by atoms with van der Waals surface area (Å²) in [7, 11) is 0. The lowest BCUT2D eigenvalue weighted by molar-refractivity contribution is 0.261. The lowest BCUT2D eigenvalue weighted by Gasteiger charge is -2.39. The fourth-order valence-corrected chi connectivity index (χ4v) is 11.4. The summed E-state index contributed by atoms with van der Waals surface area (Å²) < 4.78 is 0. The molecule has 0 radical (unpaired) electrons. The zero-order valence-corrected chi connectivity index (χ0v) is 38.0. The van der Waals surface area contributed by atoms with Crippen molar-refractivity contribution >= 4 is 87.5 Å². The summed E-state index contributed by atoms with van der Waals surface area (Å²) in [6.45, 7) is 0. The molecule has 0 saturated carbocycles. The maximum atomic E-state index is 6.34.